The molecule has 0 aromatic heterocycles. The van der Waals surface area contributed by atoms with Crippen LogP contribution in [0.25, 0.3) is 0 Å². The molecule has 3 unspecified atom stereocenters. The molecule has 1 aromatic rings. The van der Waals surface area contributed by atoms with E-state index in [-0.39, 0.29) is 30.5 Å². The van der Waals surface area contributed by atoms with Crippen LogP contribution in [0, 0.1) is 6.92 Å². The number of unbranched alkanes of at least 4 members (excludes halogenated alkanes) is 1. The zero-order chi connectivity index (χ0) is 18.5. The quantitative estimate of drug-likeness (QED) is 0.430. The highest BCUT2D eigenvalue weighted by molar-refractivity contribution is 8.00. The second-order valence-corrected chi connectivity index (χ2v) is 8.01. The van der Waals surface area contributed by atoms with Gasteiger partial charge in [0.2, 0.25) is 0 Å². The lowest BCUT2D eigenvalue weighted by Gasteiger charge is -2.16. The number of nitrogens with one attached hydrogen (secondary N) is 3. The number of ether oxygens (including phenoxy) is 1. The van der Waals surface area contributed by atoms with Gasteiger partial charge in [-0.15, -0.1) is 0 Å². The minimum atomic E-state index is -0.432. The Morgan fingerprint density at radius 1 is 1.38 bits per heavy atom. The number of rotatable bonds is 7. The summed E-state index contributed by atoms with van der Waals surface area (Å²) in [6, 6.07) is 5.57. The standard InChI is InChI=1S/C18H25N3O4S/c1-11-8-12(5-6-14(11)22)9-25-18(24)19-7-3-2-4-15-16-13(10-26-15)20-17(23)21-16/h5-6,8,13,15-16,22H,2-4,7,9-10H2,1H3,(H,19,24)(H2,20,21,23). The summed E-state index contributed by atoms with van der Waals surface area (Å²) in [6.07, 6.45) is 2.47. The number of alkyl carbamates (subject to hydrolysis) is 1. The lowest BCUT2D eigenvalue weighted by atomic mass is 10.0. The van der Waals surface area contributed by atoms with Gasteiger partial charge in [-0.25, -0.2) is 9.59 Å². The van der Waals surface area contributed by atoms with Crippen molar-refractivity contribution in [2.75, 3.05) is 12.3 Å². The molecule has 0 radical (unpaired) electrons. The van der Waals surface area contributed by atoms with Crippen LogP contribution in [-0.4, -0.2) is 46.9 Å². The summed E-state index contributed by atoms with van der Waals surface area (Å²) < 4.78 is 5.18. The van der Waals surface area contributed by atoms with Gasteiger partial charge in [-0.1, -0.05) is 12.5 Å². The van der Waals surface area contributed by atoms with Gasteiger partial charge in [0, 0.05) is 17.5 Å². The molecule has 8 heteroatoms. The topological polar surface area (TPSA) is 99.7 Å². The molecule has 2 saturated heterocycles. The summed E-state index contributed by atoms with van der Waals surface area (Å²) >= 11 is 1.90. The van der Waals surface area contributed by atoms with Gasteiger partial charge in [0.25, 0.3) is 0 Å². The predicted molar refractivity (Wildman–Crippen MR) is 100 cm³/mol. The van der Waals surface area contributed by atoms with Crippen molar-refractivity contribution < 1.29 is 19.4 Å². The molecule has 3 amide bonds. The molecule has 2 fully saturated rings. The number of phenolic OH excluding ortho intramolecular Hbond substituents is 1. The molecule has 1 aromatic carbocycles. The van der Waals surface area contributed by atoms with E-state index >= 15 is 0 Å². The molecule has 0 bridgehead atoms. The number of carbonyl (C=O) groups is 2. The maximum atomic E-state index is 11.7. The van der Waals surface area contributed by atoms with Gasteiger partial charge in [-0.2, -0.15) is 11.8 Å². The number of aryl methyl sites for hydroxylation is 1. The number of aromatic hydroxyl groups is 1. The van der Waals surface area contributed by atoms with E-state index in [9.17, 15) is 14.7 Å². The maximum absolute atomic E-state index is 11.7. The number of benzene rings is 1. The first kappa shape index (κ1) is 18.7. The Bertz CT molecular complexity index is 670. The van der Waals surface area contributed by atoms with E-state index in [1.54, 1.807) is 25.1 Å². The molecule has 4 N–H and O–H groups in total. The summed E-state index contributed by atoms with van der Waals surface area (Å²) in [4.78, 5) is 23.1. The van der Waals surface area contributed by atoms with Crippen LogP contribution in [0.15, 0.2) is 18.2 Å². The number of thioether (sulfide) groups is 1. The van der Waals surface area contributed by atoms with Crippen molar-refractivity contribution in [1.82, 2.24) is 16.0 Å². The zero-order valence-electron chi connectivity index (χ0n) is 14.8. The van der Waals surface area contributed by atoms with Crippen molar-refractivity contribution in [2.45, 2.75) is 50.1 Å². The third-order valence-electron chi connectivity index (χ3n) is 4.75. The van der Waals surface area contributed by atoms with Crippen LogP contribution >= 0.6 is 11.8 Å². The molecule has 26 heavy (non-hydrogen) atoms. The third-order valence-corrected chi connectivity index (χ3v) is 6.26. The summed E-state index contributed by atoms with van der Waals surface area (Å²) in [5.41, 5.74) is 1.60. The molecule has 2 aliphatic rings. The van der Waals surface area contributed by atoms with Gasteiger partial charge in [-0.3, -0.25) is 0 Å². The Morgan fingerprint density at radius 2 is 2.23 bits per heavy atom. The lowest BCUT2D eigenvalue weighted by molar-refractivity contribution is 0.139. The van der Waals surface area contributed by atoms with Crippen molar-refractivity contribution >= 4 is 23.9 Å². The summed E-state index contributed by atoms with van der Waals surface area (Å²) in [5.74, 6) is 1.20. The Kier molecular flexibility index (Phi) is 6.13. The molecule has 3 atom stereocenters. The Hall–Kier alpha value is -2.09. The number of hydrogen-bond acceptors (Lipinski definition) is 5. The highest BCUT2D eigenvalue weighted by Crippen LogP contribution is 2.32. The monoisotopic (exact) mass is 379 g/mol. The minimum absolute atomic E-state index is 0.0569. The van der Waals surface area contributed by atoms with Gasteiger partial charge in [0.15, 0.2) is 0 Å². The number of carbonyl (C=O) groups excluding carboxylic acids is 2. The molecule has 0 spiro atoms. The fourth-order valence-electron chi connectivity index (χ4n) is 3.31. The molecule has 7 nitrogen and oxygen atoms in total. The van der Waals surface area contributed by atoms with Crippen LogP contribution in [0.3, 0.4) is 0 Å². The van der Waals surface area contributed by atoms with Crippen LogP contribution in [0.5, 0.6) is 5.75 Å². The highest BCUT2D eigenvalue weighted by Gasteiger charge is 2.42. The summed E-state index contributed by atoms with van der Waals surface area (Å²) in [7, 11) is 0. The van der Waals surface area contributed by atoms with Crippen molar-refractivity contribution in [1.29, 1.82) is 0 Å². The second kappa shape index (κ2) is 8.53. The van der Waals surface area contributed by atoms with Gasteiger partial charge in [0.05, 0.1) is 12.1 Å². The van der Waals surface area contributed by atoms with Crippen LogP contribution in [-0.2, 0) is 11.3 Å². The molecule has 2 heterocycles. The van der Waals surface area contributed by atoms with Gasteiger partial charge in [0.1, 0.15) is 12.4 Å². The number of phenols is 1. The average Bonchev–Trinajstić information content (AvgIpc) is 3.15. The Labute approximate surface area is 157 Å². The van der Waals surface area contributed by atoms with E-state index in [0.29, 0.717) is 11.8 Å². The Morgan fingerprint density at radius 3 is 3.04 bits per heavy atom. The maximum Gasteiger partial charge on any atom is 0.407 e. The van der Waals surface area contributed by atoms with E-state index in [1.807, 2.05) is 11.8 Å². The fourth-order valence-corrected chi connectivity index (χ4v) is 4.85. The largest absolute Gasteiger partial charge is 0.508 e. The zero-order valence-corrected chi connectivity index (χ0v) is 15.6. The summed E-state index contributed by atoms with van der Waals surface area (Å²) in [5, 5.41) is 18.6. The fraction of sp³-hybridized carbons (Fsp3) is 0.556. The van der Waals surface area contributed by atoms with E-state index in [2.05, 4.69) is 16.0 Å². The van der Waals surface area contributed by atoms with Crippen LogP contribution in [0.1, 0.15) is 30.4 Å². The number of amides is 3. The lowest BCUT2D eigenvalue weighted by Crippen LogP contribution is -2.36. The minimum Gasteiger partial charge on any atom is -0.508 e. The first-order chi connectivity index (χ1) is 12.5. The smallest absolute Gasteiger partial charge is 0.407 e. The average molecular weight is 379 g/mol. The summed E-state index contributed by atoms with van der Waals surface area (Å²) in [6.45, 7) is 2.56. The first-order valence-electron chi connectivity index (χ1n) is 8.90. The second-order valence-electron chi connectivity index (χ2n) is 6.74. The van der Waals surface area contributed by atoms with Gasteiger partial charge in [-0.05, 0) is 43.0 Å². The third kappa shape index (κ3) is 4.75. The van der Waals surface area contributed by atoms with E-state index in [0.717, 1.165) is 36.1 Å². The first-order valence-corrected chi connectivity index (χ1v) is 9.95. The van der Waals surface area contributed by atoms with E-state index in [1.165, 1.54) is 0 Å². The molecule has 142 valence electrons. The Balaban J connectivity index is 1.27. The molecular formula is C18H25N3O4S. The molecule has 2 aliphatic heterocycles. The van der Waals surface area contributed by atoms with Crippen molar-refractivity contribution in [2.24, 2.45) is 0 Å². The van der Waals surface area contributed by atoms with E-state index in [4.69, 9.17) is 4.74 Å². The van der Waals surface area contributed by atoms with Crippen LogP contribution in [0.2, 0.25) is 0 Å². The normalized spacial score (nSPS) is 23.9. The highest BCUT2D eigenvalue weighted by atomic mass is 32.2. The van der Waals surface area contributed by atoms with Crippen molar-refractivity contribution in [3.8, 4) is 5.75 Å². The van der Waals surface area contributed by atoms with Crippen molar-refractivity contribution in [3.05, 3.63) is 29.3 Å². The molecule has 0 saturated carbocycles. The number of hydrogen-bond donors (Lipinski definition) is 4. The molecular weight excluding hydrogens is 354 g/mol. The van der Waals surface area contributed by atoms with E-state index < -0.39 is 6.09 Å². The van der Waals surface area contributed by atoms with Crippen molar-refractivity contribution in [3.63, 3.8) is 0 Å². The molecule has 3 rings (SSSR count). The van der Waals surface area contributed by atoms with Gasteiger partial charge >= 0.3 is 12.1 Å². The molecule has 0 aliphatic carbocycles. The predicted octanol–water partition coefficient (Wildman–Crippen LogP) is 2.26. The number of fused-ring (bicyclic) bond motifs is 1. The van der Waals surface area contributed by atoms with Crippen LogP contribution < -0.4 is 16.0 Å². The number of urea groups is 1. The van der Waals surface area contributed by atoms with Gasteiger partial charge < -0.3 is 25.8 Å². The van der Waals surface area contributed by atoms with Crippen LogP contribution in [0.4, 0.5) is 9.59 Å². The SMILES string of the molecule is Cc1cc(COC(=O)NCCCCC2SCC3NC(=O)NC32)ccc1O.